The lowest BCUT2D eigenvalue weighted by atomic mass is 9.54. The summed E-state index contributed by atoms with van der Waals surface area (Å²) in [5, 5.41) is 3.37. The quantitative estimate of drug-likeness (QED) is 0.831. The van der Waals surface area contributed by atoms with Gasteiger partial charge < -0.3 is 10.2 Å². The smallest absolute Gasteiger partial charge is 0.317 e. The van der Waals surface area contributed by atoms with Gasteiger partial charge in [0.15, 0.2) is 0 Å². The van der Waals surface area contributed by atoms with Crippen molar-refractivity contribution in [3.8, 4) is 0 Å². The predicted molar refractivity (Wildman–Crippen MR) is 95.0 cm³/mol. The van der Waals surface area contributed by atoms with Crippen molar-refractivity contribution in [2.24, 2.45) is 23.7 Å². The van der Waals surface area contributed by atoms with Gasteiger partial charge in [0.1, 0.15) is 0 Å². The summed E-state index contributed by atoms with van der Waals surface area (Å²) in [4.78, 5) is 14.5. The van der Waals surface area contributed by atoms with Crippen molar-refractivity contribution in [2.45, 2.75) is 44.7 Å². The van der Waals surface area contributed by atoms with Crippen molar-refractivity contribution in [3.05, 3.63) is 34.3 Å². The van der Waals surface area contributed by atoms with Gasteiger partial charge in [-0.15, -0.1) is 0 Å². The third kappa shape index (κ3) is 3.02. The van der Waals surface area contributed by atoms with Gasteiger partial charge in [-0.3, -0.25) is 0 Å². The molecule has 1 aromatic carbocycles. The lowest BCUT2D eigenvalue weighted by Gasteiger charge is -2.54. The van der Waals surface area contributed by atoms with Crippen LogP contribution in [-0.4, -0.2) is 24.0 Å². The molecule has 0 unspecified atom stereocenters. The van der Waals surface area contributed by atoms with E-state index in [2.05, 4.69) is 27.3 Å². The van der Waals surface area contributed by atoms with E-state index in [9.17, 15) is 4.79 Å². The molecule has 124 valence electrons. The van der Waals surface area contributed by atoms with Crippen molar-refractivity contribution in [1.29, 1.82) is 0 Å². The SMILES string of the molecule is CN(Cc1ccccc1Br)C(=O)NC1C2CC3CC(C2)CC1C3. The summed E-state index contributed by atoms with van der Waals surface area (Å²) in [6.07, 6.45) is 6.81. The summed E-state index contributed by atoms with van der Waals surface area (Å²) in [6.45, 7) is 0.639. The average molecular weight is 377 g/mol. The number of hydrogen-bond acceptors (Lipinski definition) is 1. The van der Waals surface area contributed by atoms with Gasteiger partial charge >= 0.3 is 6.03 Å². The Morgan fingerprint density at radius 2 is 1.74 bits per heavy atom. The first-order valence-corrected chi connectivity index (χ1v) is 9.64. The van der Waals surface area contributed by atoms with Crippen LogP contribution in [0.1, 0.15) is 37.7 Å². The Balaban J connectivity index is 1.39. The topological polar surface area (TPSA) is 32.3 Å². The first-order chi connectivity index (χ1) is 11.1. The molecule has 0 aromatic heterocycles. The van der Waals surface area contributed by atoms with Gasteiger partial charge in [0, 0.05) is 24.1 Å². The summed E-state index contributed by atoms with van der Waals surface area (Å²) in [5.41, 5.74) is 1.15. The van der Waals surface area contributed by atoms with E-state index < -0.39 is 0 Å². The number of urea groups is 1. The third-order valence-electron chi connectivity index (χ3n) is 6.23. The van der Waals surface area contributed by atoms with Gasteiger partial charge in [-0.1, -0.05) is 34.1 Å². The molecule has 0 radical (unpaired) electrons. The van der Waals surface area contributed by atoms with E-state index in [1.807, 2.05) is 30.1 Å². The molecule has 4 bridgehead atoms. The number of nitrogens with zero attached hydrogens (tertiary/aromatic N) is 1. The first kappa shape index (κ1) is 15.5. The standard InChI is InChI=1S/C19H25BrN2O/c1-22(11-14-4-2-3-5-17(14)20)19(23)21-18-15-7-12-6-13(9-15)10-16(18)8-12/h2-5,12-13,15-16,18H,6-11H2,1H3,(H,21,23). The zero-order valence-electron chi connectivity index (χ0n) is 13.7. The van der Waals surface area contributed by atoms with Crippen molar-refractivity contribution in [3.63, 3.8) is 0 Å². The van der Waals surface area contributed by atoms with Gasteiger partial charge in [-0.05, 0) is 67.4 Å². The molecular formula is C19H25BrN2O. The fourth-order valence-corrected chi connectivity index (χ4v) is 5.78. The zero-order valence-corrected chi connectivity index (χ0v) is 15.3. The lowest BCUT2D eigenvalue weighted by molar-refractivity contribution is -0.0108. The largest absolute Gasteiger partial charge is 0.335 e. The van der Waals surface area contributed by atoms with E-state index >= 15 is 0 Å². The minimum atomic E-state index is 0.0817. The van der Waals surface area contributed by atoms with Crippen LogP contribution >= 0.6 is 15.9 Å². The molecule has 0 spiro atoms. The number of nitrogens with one attached hydrogen (secondary N) is 1. The second kappa shape index (κ2) is 6.12. The maximum atomic E-state index is 12.7. The van der Waals surface area contributed by atoms with Crippen LogP contribution in [0.5, 0.6) is 0 Å². The molecule has 4 saturated carbocycles. The molecule has 4 aliphatic rings. The highest BCUT2D eigenvalue weighted by atomic mass is 79.9. The van der Waals surface area contributed by atoms with Crippen molar-refractivity contribution < 1.29 is 4.79 Å². The number of carbonyl (C=O) groups is 1. The fourth-order valence-electron chi connectivity index (χ4n) is 5.37. The van der Waals surface area contributed by atoms with E-state index in [0.29, 0.717) is 12.6 Å². The summed E-state index contributed by atoms with van der Waals surface area (Å²) < 4.78 is 1.06. The predicted octanol–water partition coefficient (Wildman–Crippen LogP) is 4.42. The molecule has 1 N–H and O–H groups in total. The number of halogens is 1. The number of rotatable bonds is 3. The minimum absolute atomic E-state index is 0.0817. The van der Waals surface area contributed by atoms with Crippen LogP contribution in [0.3, 0.4) is 0 Å². The highest BCUT2D eigenvalue weighted by Crippen LogP contribution is 2.53. The number of benzene rings is 1. The van der Waals surface area contributed by atoms with E-state index in [4.69, 9.17) is 0 Å². The zero-order chi connectivity index (χ0) is 16.0. The lowest BCUT2D eigenvalue weighted by Crippen LogP contribution is -2.57. The Morgan fingerprint density at radius 1 is 1.13 bits per heavy atom. The van der Waals surface area contributed by atoms with Crippen LogP contribution in [-0.2, 0) is 6.54 Å². The number of carbonyl (C=O) groups excluding carboxylic acids is 1. The Labute approximate surface area is 146 Å². The summed E-state index contributed by atoms with van der Waals surface area (Å²) in [7, 11) is 1.89. The van der Waals surface area contributed by atoms with Crippen LogP contribution < -0.4 is 5.32 Å². The van der Waals surface area contributed by atoms with E-state index in [1.165, 1.54) is 32.1 Å². The Hall–Kier alpha value is -1.03. The van der Waals surface area contributed by atoms with Crippen LogP contribution in [0.25, 0.3) is 0 Å². The van der Waals surface area contributed by atoms with Gasteiger partial charge in [0.2, 0.25) is 0 Å². The molecule has 0 aliphatic heterocycles. The summed E-state index contributed by atoms with van der Waals surface area (Å²) in [5.74, 6) is 3.35. The van der Waals surface area contributed by atoms with Crippen molar-refractivity contribution in [1.82, 2.24) is 10.2 Å². The fraction of sp³-hybridized carbons (Fsp3) is 0.632. The molecule has 3 nitrogen and oxygen atoms in total. The van der Waals surface area contributed by atoms with Gasteiger partial charge in [0.25, 0.3) is 0 Å². The van der Waals surface area contributed by atoms with Gasteiger partial charge in [-0.25, -0.2) is 4.79 Å². The maximum Gasteiger partial charge on any atom is 0.317 e. The minimum Gasteiger partial charge on any atom is -0.335 e. The average Bonchev–Trinajstić information content (AvgIpc) is 2.52. The van der Waals surface area contributed by atoms with E-state index in [0.717, 1.165) is 33.7 Å². The van der Waals surface area contributed by atoms with Crippen molar-refractivity contribution in [2.75, 3.05) is 7.05 Å². The normalized spacial score (nSPS) is 34.4. The second-order valence-electron chi connectivity index (χ2n) is 7.85. The molecule has 1 aromatic rings. The van der Waals surface area contributed by atoms with Crippen LogP contribution in [0.15, 0.2) is 28.7 Å². The molecule has 0 atom stereocenters. The molecular weight excluding hydrogens is 352 g/mol. The van der Waals surface area contributed by atoms with Crippen LogP contribution in [0.4, 0.5) is 4.79 Å². The Morgan fingerprint density at radius 3 is 2.35 bits per heavy atom. The van der Waals surface area contributed by atoms with Gasteiger partial charge in [0.05, 0.1) is 0 Å². The molecule has 4 fully saturated rings. The molecule has 0 saturated heterocycles. The molecule has 5 rings (SSSR count). The maximum absolute atomic E-state index is 12.7. The molecule has 4 aliphatic carbocycles. The third-order valence-corrected chi connectivity index (χ3v) is 7.00. The molecule has 4 heteroatoms. The Bertz CT molecular complexity index is 575. The second-order valence-corrected chi connectivity index (χ2v) is 8.71. The molecule has 23 heavy (non-hydrogen) atoms. The van der Waals surface area contributed by atoms with E-state index in [-0.39, 0.29) is 6.03 Å². The molecule has 2 amide bonds. The van der Waals surface area contributed by atoms with Crippen LogP contribution in [0, 0.1) is 23.7 Å². The van der Waals surface area contributed by atoms with Crippen LogP contribution in [0.2, 0.25) is 0 Å². The highest BCUT2D eigenvalue weighted by molar-refractivity contribution is 9.10. The number of hydrogen-bond donors (Lipinski definition) is 1. The van der Waals surface area contributed by atoms with Gasteiger partial charge in [-0.2, -0.15) is 0 Å². The van der Waals surface area contributed by atoms with E-state index in [1.54, 1.807) is 0 Å². The monoisotopic (exact) mass is 376 g/mol. The summed E-state index contributed by atoms with van der Waals surface area (Å²) >= 11 is 3.56. The van der Waals surface area contributed by atoms with Crippen molar-refractivity contribution >= 4 is 22.0 Å². The molecule has 0 heterocycles. The highest BCUT2D eigenvalue weighted by Gasteiger charge is 2.48. The Kier molecular flexibility index (Phi) is 4.12. The summed E-state index contributed by atoms with van der Waals surface area (Å²) in [6, 6.07) is 8.61. The first-order valence-electron chi connectivity index (χ1n) is 8.85. The number of amides is 2.